The molecule has 2 aromatic carbocycles. The summed E-state index contributed by atoms with van der Waals surface area (Å²) in [6.45, 7) is 3.21. The second kappa shape index (κ2) is 7.31. The highest BCUT2D eigenvalue weighted by atomic mass is 16.5. The zero-order valence-corrected chi connectivity index (χ0v) is 13.8. The molecule has 3 heteroatoms. The van der Waals surface area contributed by atoms with E-state index < -0.39 is 0 Å². The zero-order valence-electron chi connectivity index (χ0n) is 13.8. The monoisotopic (exact) mass is 321 g/mol. The van der Waals surface area contributed by atoms with Gasteiger partial charge in [-0.2, -0.15) is 0 Å². The van der Waals surface area contributed by atoms with Gasteiger partial charge < -0.3 is 9.47 Å². The van der Waals surface area contributed by atoms with Gasteiger partial charge in [-0.15, -0.1) is 0 Å². The Bertz CT molecular complexity index is 671. The SMILES string of the molecule is C1=C[C@@H]2[C@@H](OCc3ccccc3)[C@H](OCc3ccccc3)CN2C1. The van der Waals surface area contributed by atoms with Crippen LogP contribution in [0.5, 0.6) is 0 Å². The summed E-state index contributed by atoms with van der Waals surface area (Å²) in [5.41, 5.74) is 2.42. The van der Waals surface area contributed by atoms with Crippen molar-refractivity contribution in [2.24, 2.45) is 0 Å². The van der Waals surface area contributed by atoms with Gasteiger partial charge in [0.1, 0.15) is 6.10 Å². The molecule has 2 aromatic rings. The second-order valence-corrected chi connectivity index (χ2v) is 6.47. The fourth-order valence-corrected chi connectivity index (χ4v) is 3.55. The highest BCUT2D eigenvalue weighted by Crippen LogP contribution is 2.29. The quantitative estimate of drug-likeness (QED) is 0.761. The van der Waals surface area contributed by atoms with E-state index in [1.807, 2.05) is 12.1 Å². The van der Waals surface area contributed by atoms with Crippen molar-refractivity contribution < 1.29 is 9.47 Å². The molecule has 24 heavy (non-hydrogen) atoms. The number of hydrogen-bond donors (Lipinski definition) is 0. The minimum atomic E-state index is 0.0904. The van der Waals surface area contributed by atoms with E-state index in [0.717, 1.165) is 13.1 Å². The van der Waals surface area contributed by atoms with E-state index in [4.69, 9.17) is 9.47 Å². The summed E-state index contributed by atoms with van der Waals surface area (Å²) in [7, 11) is 0. The summed E-state index contributed by atoms with van der Waals surface area (Å²) in [6, 6.07) is 21.1. The molecule has 3 atom stereocenters. The van der Waals surface area contributed by atoms with E-state index in [0.29, 0.717) is 19.3 Å². The molecule has 0 saturated carbocycles. The molecule has 0 amide bonds. The molecule has 4 rings (SSSR count). The lowest BCUT2D eigenvalue weighted by Gasteiger charge is -2.23. The third-order valence-electron chi connectivity index (χ3n) is 4.80. The number of rotatable bonds is 6. The second-order valence-electron chi connectivity index (χ2n) is 6.47. The van der Waals surface area contributed by atoms with Crippen LogP contribution in [0.25, 0.3) is 0 Å². The molecule has 124 valence electrons. The molecule has 3 nitrogen and oxygen atoms in total. The molecule has 2 aliphatic heterocycles. The number of fused-ring (bicyclic) bond motifs is 1. The molecule has 0 aromatic heterocycles. The van der Waals surface area contributed by atoms with E-state index in [1.165, 1.54) is 11.1 Å². The summed E-state index contributed by atoms with van der Waals surface area (Å²) >= 11 is 0. The Hall–Kier alpha value is -1.94. The lowest BCUT2D eigenvalue weighted by molar-refractivity contribution is -0.0657. The van der Waals surface area contributed by atoms with Gasteiger partial charge in [-0.25, -0.2) is 0 Å². The summed E-state index contributed by atoms with van der Waals surface area (Å²) in [5.74, 6) is 0. The highest BCUT2D eigenvalue weighted by Gasteiger charge is 2.43. The van der Waals surface area contributed by atoms with Gasteiger partial charge in [0.05, 0.1) is 25.4 Å². The van der Waals surface area contributed by atoms with E-state index in [-0.39, 0.29) is 12.2 Å². The van der Waals surface area contributed by atoms with Crippen molar-refractivity contribution >= 4 is 0 Å². The van der Waals surface area contributed by atoms with Gasteiger partial charge in [-0.1, -0.05) is 72.8 Å². The van der Waals surface area contributed by atoms with Crippen molar-refractivity contribution in [2.45, 2.75) is 31.5 Å². The third kappa shape index (κ3) is 3.44. The average Bonchev–Trinajstić information content (AvgIpc) is 3.21. The summed E-state index contributed by atoms with van der Waals surface area (Å²) in [6.07, 6.45) is 4.70. The molecular formula is C21H23NO2. The molecule has 2 heterocycles. The first kappa shape index (κ1) is 15.6. The van der Waals surface area contributed by atoms with Crippen LogP contribution in [0.2, 0.25) is 0 Å². The molecule has 0 unspecified atom stereocenters. The maximum absolute atomic E-state index is 6.29. The van der Waals surface area contributed by atoms with Crippen molar-refractivity contribution in [1.29, 1.82) is 0 Å². The molecule has 1 saturated heterocycles. The maximum atomic E-state index is 6.29. The average molecular weight is 321 g/mol. The molecule has 2 aliphatic rings. The zero-order chi connectivity index (χ0) is 16.2. The van der Waals surface area contributed by atoms with Gasteiger partial charge in [0.2, 0.25) is 0 Å². The molecule has 0 aliphatic carbocycles. The normalized spacial score (nSPS) is 25.9. The summed E-state index contributed by atoms with van der Waals surface area (Å²) in [4.78, 5) is 2.44. The van der Waals surface area contributed by atoms with E-state index in [2.05, 4.69) is 65.6 Å². The van der Waals surface area contributed by atoms with E-state index >= 15 is 0 Å². The first-order valence-corrected chi connectivity index (χ1v) is 8.62. The number of ether oxygens (including phenoxy) is 2. The number of nitrogens with zero attached hydrogens (tertiary/aromatic N) is 1. The van der Waals surface area contributed by atoms with Crippen LogP contribution in [0, 0.1) is 0 Å². The Morgan fingerprint density at radius 1 is 0.833 bits per heavy atom. The molecule has 0 spiro atoms. The fraction of sp³-hybridized carbons (Fsp3) is 0.333. The Kier molecular flexibility index (Phi) is 4.74. The summed E-state index contributed by atoms with van der Waals surface area (Å²) < 4.78 is 12.5. The Morgan fingerprint density at radius 2 is 1.46 bits per heavy atom. The van der Waals surface area contributed by atoms with Crippen LogP contribution in [-0.2, 0) is 22.7 Å². The number of hydrogen-bond acceptors (Lipinski definition) is 3. The third-order valence-corrected chi connectivity index (χ3v) is 4.80. The van der Waals surface area contributed by atoms with Gasteiger partial charge >= 0.3 is 0 Å². The van der Waals surface area contributed by atoms with Crippen LogP contribution in [0.15, 0.2) is 72.8 Å². The molecule has 0 N–H and O–H groups in total. The Labute approximate surface area is 143 Å². The van der Waals surface area contributed by atoms with E-state index in [1.54, 1.807) is 0 Å². The van der Waals surface area contributed by atoms with Crippen LogP contribution >= 0.6 is 0 Å². The number of benzene rings is 2. The van der Waals surface area contributed by atoms with Crippen LogP contribution in [-0.4, -0.2) is 36.2 Å². The van der Waals surface area contributed by atoms with Crippen molar-refractivity contribution in [1.82, 2.24) is 4.90 Å². The lowest BCUT2D eigenvalue weighted by atomic mass is 10.1. The van der Waals surface area contributed by atoms with Gasteiger partial charge in [-0.05, 0) is 11.1 Å². The summed E-state index contributed by atoms with van der Waals surface area (Å²) in [5, 5.41) is 0. The Balaban J connectivity index is 1.40. The topological polar surface area (TPSA) is 21.7 Å². The van der Waals surface area contributed by atoms with Crippen molar-refractivity contribution in [3.63, 3.8) is 0 Å². The van der Waals surface area contributed by atoms with Crippen molar-refractivity contribution in [3.05, 3.63) is 83.9 Å². The predicted molar refractivity (Wildman–Crippen MR) is 94.5 cm³/mol. The fourth-order valence-electron chi connectivity index (χ4n) is 3.55. The van der Waals surface area contributed by atoms with E-state index in [9.17, 15) is 0 Å². The van der Waals surface area contributed by atoms with Crippen LogP contribution in [0.1, 0.15) is 11.1 Å². The van der Waals surface area contributed by atoms with Gasteiger partial charge in [0.25, 0.3) is 0 Å². The minimum Gasteiger partial charge on any atom is -0.369 e. The van der Waals surface area contributed by atoms with Crippen molar-refractivity contribution in [3.8, 4) is 0 Å². The van der Waals surface area contributed by atoms with Crippen molar-refractivity contribution in [2.75, 3.05) is 13.1 Å². The Morgan fingerprint density at radius 3 is 2.12 bits per heavy atom. The maximum Gasteiger partial charge on any atom is 0.104 e. The van der Waals surface area contributed by atoms with Crippen LogP contribution in [0.4, 0.5) is 0 Å². The first-order valence-electron chi connectivity index (χ1n) is 8.62. The van der Waals surface area contributed by atoms with Crippen LogP contribution in [0.3, 0.4) is 0 Å². The minimum absolute atomic E-state index is 0.0904. The van der Waals surface area contributed by atoms with Crippen LogP contribution < -0.4 is 0 Å². The van der Waals surface area contributed by atoms with Gasteiger partial charge in [-0.3, -0.25) is 4.90 Å². The predicted octanol–water partition coefficient (Wildman–Crippen LogP) is 3.41. The molecule has 0 radical (unpaired) electrons. The molecule has 1 fully saturated rings. The standard InChI is InChI=1S/C21H23NO2/c1-3-8-17(9-4-1)15-23-20-14-22-13-7-12-19(22)21(20)24-16-18-10-5-2-6-11-18/h1-12,19-21H,13-16H2/t19-,20-,21-/m1/s1. The lowest BCUT2D eigenvalue weighted by Crippen LogP contribution is -2.35. The molecule has 0 bridgehead atoms. The largest absolute Gasteiger partial charge is 0.369 e. The smallest absolute Gasteiger partial charge is 0.104 e. The highest BCUT2D eigenvalue weighted by molar-refractivity contribution is 5.17. The molecular weight excluding hydrogens is 298 g/mol. The first-order chi connectivity index (χ1) is 11.9. The van der Waals surface area contributed by atoms with Gasteiger partial charge in [0.15, 0.2) is 0 Å². The van der Waals surface area contributed by atoms with Gasteiger partial charge in [0, 0.05) is 13.1 Å².